The van der Waals surface area contributed by atoms with Crippen LogP contribution in [0.5, 0.6) is 0 Å². The number of benzene rings is 1. The normalized spacial score (nSPS) is 16.4. The number of halogens is 2. The van der Waals surface area contributed by atoms with E-state index in [2.05, 4.69) is 12.2 Å². The topological polar surface area (TPSA) is 38.5 Å². The largest absolute Gasteiger partial charge is 0.389 e. The van der Waals surface area contributed by atoms with Gasteiger partial charge in [0.25, 0.3) is 0 Å². The second-order valence-corrected chi connectivity index (χ2v) is 4.52. The van der Waals surface area contributed by atoms with Gasteiger partial charge in [-0.1, -0.05) is 12.2 Å². The van der Waals surface area contributed by atoms with E-state index in [1.807, 2.05) is 0 Å². The van der Waals surface area contributed by atoms with E-state index in [0.717, 1.165) is 6.42 Å². The van der Waals surface area contributed by atoms with E-state index in [-0.39, 0.29) is 16.2 Å². The van der Waals surface area contributed by atoms with Crippen LogP contribution in [0.2, 0.25) is 0 Å². The molecule has 2 N–H and O–H groups in total. The molecule has 1 heterocycles. The van der Waals surface area contributed by atoms with Crippen molar-refractivity contribution in [3.63, 3.8) is 0 Å². The average molecular weight is 272 g/mol. The molecular formula is C12H14F2N2OS. The van der Waals surface area contributed by atoms with E-state index in [4.69, 9.17) is 10.5 Å². The van der Waals surface area contributed by atoms with Crippen LogP contribution in [0.1, 0.15) is 12.0 Å². The Morgan fingerprint density at radius 1 is 1.22 bits per heavy atom. The van der Waals surface area contributed by atoms with Crippen molar-refractivity contribution in [3.05, 3.63) is 29.3 Å². The highest BCUT2D eigenvalue weighted by atomic mass is 32.1. The van der Waals surface area contributed by atoms with Crippen LogP contribution in [0.3, 0.4) is 0 Å². The minimum absolute atomic E-state index is 0.0580. The van der Waals surface area contributed by atoms with Crippen molar-refractivity contribution in [1.82, 2.24) is 0 Å². The van der Waals surface area contributed by atoms with Gasteiger partial charge in [0.15, 0.2) is 11.6 Å². The molecule has 6 heteroatoms. The quantitative estimate of drug-likeness (QED) is 0.834. The van der Waals surface area contributed by atoms with E-state index in [1.54, 1.807) is 4.90 Å². The predicted octanol–water partition coefficient (Wildman–Crippen LogP) is 1.83. The zero-order valence-corrected chi connectivity index (χ0v) is 10.6. The predicted molar refractivity (Wildman–Crippen MR) is 69.9 cm³/mol. The van der Waals surface area contributed by atoms with E-state index in [9.17, 15) is 8.78 Å². The van der Waals surface area contributed by atoms with Crippen molar-refractivity contribution in [2.45, 2.75) is 6.42 Å². The number of nitrogens with zero attached hydrogens (tertiary/aromatic N) is 1. The molecule has 2 rings (SSSR count). The maximum absolute atomic E-state index is 14.0. The van der Waals surface area contributed by atoms with E-state index in [1.165, 1.54) is 12.1 Å². The molecule has 1 aliphatic rings. The Morgan fingerprint density at radius 3 is 2.72 bits per heavy atom. The maximum Gasteiger partial charge on any atom is 0.182 e. The van der Waals surface area contributed by atoms with E-state index >= 15 is 0 Å². The van der Waals surface area contributed by atoms with Crippen molar-refractivity contribution in [2.75, 3.05) is 31.2 Å². The van der Waals surface area contributed by atoms with Crippen LogP contribution >= 0.6 is 12.2 Å². The summed E-state index contributed by atoms with van der Waals surface area (Å²) in [6.45, 7) is 2.34. The lowest BCUT2D eigenvalue weighted by Crippen LogP contribution is -2.27. The summed E-state index contributed by atoms with van der Waals surface area (Å²) in [6, 6.07) is 2.93. The molecule has 0 spiro atoms. The lowest BCUT2D eigenvalue weighted by atomic mass is 10.1. The third-order valence-electron chi connectivity index (χ3n) is 2.89. The summed E-state index contributed by atoms with van der Waals surface area (Å²) >= 11 is 4.67. The van der Waals surface area contributed by atoms with Gasteiger partial charge in [-0.3, -0.25) is 0 Å². The van der Waals surface area contributed by atoms with Gasteiger partial charge in [-0.25, -0.2) is 8.78 Å². The molecule has 1 saturated heterocycles. The first-order valence-corrected chi connectivity index (χ1v) is 6.12. The number of anilines is 1. The fraction of sp³-hybridized carbons (Fsp3) is 0.417. The lowest BCUT2D eigenvalue weighted by molar-refractivity contribution is 0.152. The van der Waals surface area contributed by atoms with E-state index in [0.29, 0.717) is 26.3 Å². The molecule has 0 saturated carbocycles. The first-order chi connectivity index (χ1) is 8.61. The Labute approximate surface area is 110 Å². The Hall–Kier alpha value is -1.27. The van der Waals surface area contributed by atoms with Crippen LogP contribution in [-0.2, 0) is 4.74 Å². The lowest BCUT2D eigenvalue weighted by Gasteiger charge is -2.23. The second-order valence-electron chi connectivity index (χ2n) is 4.08. The summed E-state index contributed by atoms with van der Waals surface area (Å²) in [6.07, 6.45) is 0.790. The first-order valence-electron chi connectivity index (χ1n) is 5.71. The van der Waals surface area contributed by atoms with Crippen LogP contribution in [0.25, 0.3) is 0 Å². The fourth-order valence-electron chi connectivity index (χ4n) is 1.96. The Morgan fingerprint density at radius 2 is 2.00 bits per heavy atom. The molecule has 98 valence electrons. The molecule has 1 fully saturated rings. The third-order valence-corrected chi connectivity index (χ3v) is 3.11. The highest BCUT2D eigenvalue weighted by Gasteiger charge is 2.20. The van der Waals surface area contributed by atoms with Crippen molar-refractivity contribution >= 4 is 22.9 Å². The molecule has 0 radical (unpaired) electrons. The van der Waals surface area contributed by atoms with Crippen LogP contribution in [-0.4, -0.2) is 31.3 Å². The second kappa shape index (κ2) is 5.58. The van der Waals surface area contributed by atoms with Gasteiger partial charge < -0.3 is 15.4 Å². The number of hydrogen-bond acceptors (Lipinski definition) is 3. The minimum atomic E-state index is -0.981. The summed E-state index contributed by atoms with van der Waals surface area (Å²) in [4.78, 5) is 1.63. The summed E-state index contributed by atoms with van der Waals surface area (Å²) in [5.41, 5.74) is 5.50. The highest BCUT2D eigenvalue weighted by Crippen LogP contribution is 2.25. The molecule has 1 aromatic rings. The Bertz CT molecular complexity index is 460. The molecule has 3 nitrogen and oxygen atoms in total. The van der Waals surface area contributed by atoms with Crippen LogP contribution in [0, 0.1) is 11.6 Å². The molecule has 1 aromatic carbocycles. The van der Waals surface area contributed by atoms with Gasteiger partial charge in [-0.2, -0.15) is 0 Å². The molecule has 0 atom stereocenters. The molecular weight excluding hydrogens is 258 g/mol. The van der Waals surface area contributed by atoms with Crippen LogP contribution < -0.4 is 10.6 Å². The van der Waals surface area contributed by atoms with Crippen molar-refractivity contribution in [3.8, 4) is 0 Å². The molecule has 18 heavy (non-hydrogen) atoms. The highest BCUT2D eigenvalue weighted by molar-refractivity contribution is 7.80. The Kier molecular flexibility index (Phi) is 4.08. The monoisotopic (exact) mass is 272 g/mol. The number of thiocarbonyl (C=S) groups is 1. The van der Waals surface area contributed by atoms with Crippen LogP contribution in [0.15, 0.2) is 12.1 Å². The van der Waals surface area contributed by atoms with Gasteiger partial charge >= 0.3 is 0 Å². The maximum atomic E-state index is 14.0. The van der Waals surface area contributed by atoms with Crippen LogP contribution in [0.4, 0.5) is 14.5 Å². The smallest absolute Gasteiger partial charge is 0.182 e. The zero-order valence-electron chi connectivity index (χ0n) is 9.79. The standard InChI is InChI=1S/C12H14F2N2OS/c13-10-8(12(15)18)2-3-9(11(10)14)16-4-1-6-17-7-5-16/h2-3H,1,4-7H2,(H2,15,18). The number of hydrogen-bond donors (Lipinski definition) is 1. The van der Waals surface area contributed by atoms with Gasteiger partial charge in [0, 0.05) is 25.3 Å². The van der Waals surface area contributed by atoms with Crippen molar-refractivity contribution in [2.24, 2.45) is 5.73 Å². The summed E-state index contributed by atoms with van der Waals surface area (Å²) in [7, 11) is 0. The Balaban J connectivity index is 2.33. The number of ether oxygens (including phenoxy) is 1. The SMILES string of the molecule is NC(=S)c1ccc(N2CCCOCC2)c(F)c1F. The average Bonchev–Trinajstić information content (AvgIpc) is 2.60. The molecule has 0 aromatic heterocycles. The van der Waals surface area contributed by atoms with Crippen molar-refractivity contribution in [1.29, 1.82) is 0 Å². The fourth-order valence-corrected chi connectivity index (χ4v) is 2.12. The molecule has 0 unspecified atom stereocenters. The third kappa shape index (κ3) is 2.59. The molecule has 0 bridgehead atoms. The van der Waals surface area contributed by atoms with E-state index < -0.39 is 11.6 Å². The first kappa shape index (κ1) is 13.2. The van der Waals surface area contributed by atoms with Gasteiger partial charge in [0.2, 0.25) is 0 Å². The minimum Gasteiger partial charge on any atom is -0.389 e. The van der Waals surface area contributed by atoms with Gasteiger partial charge in [-0.15, -0.1) is 0 Å². The molecule has 1 aliphatic heterocycles. The summed E-state index contributed by atoms with van der Waals surface area (Å²) < 4.78 is 33.0. The molecule has 0 aliphatic carbocycles. The summed E-state index contributed by atoms with van der Waals surface area (Å²) in [5, 5.41) is 0. The van der Waals surface area contributed by atoms with Crippen molar-refractivity contribution < 1.29 is 13.5 Å². The molecule has 0 amide bonds. The summed E-state index contributed by atoms with van der Waals surface area (Å²) in [5.74, 6) is -1.88. The number of nitrogens with two attached hydrogens (primary N) is 1. The van der Waals surface area contributed by atoms with Gasteiger partial charge in [0.1, 0.15) is 4.99 Å². The van der Waals surface area contributed by atoms with Gasteiger partial charge in [-0.05, 0) is 18.6 Å². The zero-order chi connectivity index (χ0) is 13.1. The number of rotatable bonds is 2. The van der Waals surface area contributed by atoms with Gasteiger partial charge in [0.05, 0.1) is 12.3 Å².